The van der Waals surface area contributed by atoms with Crippen LogP contribution >= 0.6 is 11.6 Å². The third-order valence-electron chi connectivity index (χ3n) is 2.94. The number of halogens is 1. The van der Waals surface area contributed by atoms with Crippen LogP contribution in [0.5, 0.6) is 11.5 Å². The van der Waals surface area contributed by atoms with Crippen molar-refractivity contribution in [1.29, 1.82) is 0 Å². The van der Waals surface area contributed by atoms with Crippen LogP contribution in [0.4, 0.5) is 0 Å². The molecule has 3 nitrogen and oxygen atoms in total. The van der Waals surface area contributed by atoms with Gasteiger partial charge in [-0.3, -0.25) is 0 Å². The molecule has 0 spiro atoms. The predicted molar refractivity (Wildman–Crippen MR) is 75.1 cm³/mol. The van der Waals surface area contributed by atoms with Crippen LogP contribution in [0.2, 0.25) is 5.02 Å². The lowest BCUT2D eigenvalue weighted by Crippen LogP contribution is -2.03. The monoisotopic (exact) mass is 278 g/mol. The van der Waals surface area contributed by atoms with E-state index in [2.05, 4.69) is 0 Å². The van der Waals surface area contributed by atoms with Crippen LogP contribution < -0.4 is 9.47 Å². The summed E-state index contributed by atoms with van der Waals surface area (Å²) in [5, 5.41) is 11.0. The maximum Gasteiger partial charge on any atom is 0.128 e. The number of hydrogen-bond acceptors (Lipinski definition) is 3. The summed E-state index contributed by atoms with van der Waals surface area (Å²) in [5.41, 5.74) is 1.30. The van der Waals surface area contributed by atoms with Gasteiger partial charge in [0.2, 0.25) is 0 Å². The van der Waals surface area contributed by atoms with E-state index in [-0.39, 0.29) is 0 Å². The van der Waals surface area contributed by atoms with Gasteiger partial charge in [0.25, 0.3) is 0 Å². The number of rotatable bonds is 4. The zero-order chi connectivity index (χ0) is 13.8. The van der Waals surface area contributed by atoms with Crippen molar-refractivity contribution in [2.75, 3.05) is 14.2 Å². The maximum absolute atomic E-state index is 10.4. The molecule has 2 aromatic carbocycles. The molecule has 2 rings (SSSR count). The fraction of sp³-hybridized carbons (Fsp3) is 0.200. The highest BCUT2D eigenvalue weighted by molar-refractivity contribution is 6.31. The van der Waals surface area contributed by atoms with E-state index in [9.17, 15) is 5.11 Å². The van der Waals surface area contributed by atoms with Gasteiger partial charge in [-0.2, -0.15) is 0 Å². The first-order valence-electron chi connectivity index (χ1n) is 5.81. The zero-order valence-electron chi connectivity index (χ0n) is 10.8. The Bertz CT molecular complexity index is 569. The predicted octanol–water partition coefficient (Wildman–Crippen LogP) is 3.44. The number of methoxy groups -OCH3 is 2. The summed E-state index contributed by atoms with van der Waals surface area (Å²) in [6, 6.07) is 12.5. The number of hydrogen-bond donors (Lipinski definition) is 1. The molecule has 0 bridgehead atoms. The lowest BCUT2D eigenvalue weighted by molar-refractivity contribution is 0.214. The van der Waals surface area contributed by atoms with E-state index in [4.69, 9.17) is 21.1 Å². The van der Waals surface area contributed by atoms with Gasteiger partial charge < -0.3 is 14.6 Å². The van der Waals surface area contributed by atoms with Gasteiger partial charge in [-0.1, -0.05) is 29.8 Å². The van der Waals surface area contributed by atoms with Crippen LogP contribution in [0.25, 0.3) is 0 Å². The molecule has 2 aromatic rings. The summed E-state index contributed by atoms with van der Waals surface area (Å²) in [6.07, 6.45) is -0.838. The van der Waals surface area contributed by atoms with Crippen molar-refractivity contribution in [3.63, 3.8) is 0 Å². The fourth-order valence-corrected chi connectivity index (χ4v) is 2.15. The second-order valence-corrected chi connectivity index (χ2v) is 4.44. The molecule has 0 fully saturated rings. The lowest BCUT2D eigenvalue weighted by atomic mass is 10.0. The molecule has 1 atom stereocenters. The van der Waals surface area contributed by atoms with Crippen molar-refractivity contribution in [2.24, 2.45) is 0 Å². The highest BCUT2D eigenvalue weighted by atomic mass is 35.5. The van der Waals surface area contributed by atoms with Crippen molar-refractivity contribution in [2.45, 2.75) is 6.10 Å². The van der Waals surface area contributed by atoms with Crippen LogP contribution in [-0.4, -0.2) is 19.3 Å². The first kappa shape index (κ1) is 13.7. The summed E-state index contributed by atoms with van der Waals surface area (Å²) in [7, 11) is 3.14. The SMILES string of the molecule is COc1ccc(C(O)c2ccccc2Cl)c(OC)c1. The standard InChI is InChI=1S/C15H15ClO3/c1-18-10-7-8-12(14(9-10)19-2)15(17)11-5-3-4-6-13(11)16/h3-9,15,17H,1-2H3. The minimum absolute atomic E-state index is 0.521. The minimum Gasteiger partial charge on any atom is -0.497 e. The van der Waals surface area contributed by atoms with Crippen molar-refractivity contribution < 1.29 is 14.6 Å². The Labute approximate surface area is 117 Å². The van der Waals surface area contributed by atoms with Crippen LogP contribution in [0.3, 0.4) is 0 Å². The second-order valence-electron chi connectivity index (χ2n) is 4.03. The molecular weight excluding hydrogens is 264 g/mol. The molecule has 0 saturated carbocycles. The maximum atomic E-state index is 10.4. The highest BCUT2D eigenvalue weighted by Gasteiger charge is 2.18. The number of ether oxygens (including phenoxy) is 2. The molecule has 19 heavy (non-hydrogen) atoms. The molecule has 4 heteroatoms. The van der Waals surface area contributed by atoms with Crippen molar-refractivity contribution in [3.05, 3.63) is 58.6 Å². The highest BCUT2D eigenvalue weighted by Crippen LogP contribution is 2.35. The molecule has 100 valence electrons. The third-order valence-corrected chi connectivity index (χ3v) is 3.28. The van der Waals surface area contributed by atoms with Gasteiger partial charge in [0.1, 0.15) is 17.6 Å². The molecular formula is C15H15ClO3. The van der Waals surface area contributed by atoms with Gasteiger partial charge in [-0.25, -0.2) is 0 Å². The molecule has 0 aliphatic carbocycles. The Hall–Kier alpha value is -1.71. The Kier molecular flexibility index (Phi) is 4.30. The van der Waals surface area contributed by atoms with Crippen molar-refractivity contribution in [1.82, 2.24) is 0 Å². The second kappa shape index (κ2) is 5.95. The van der Waals surface area contributed by atoms with E-state index in [0.29, 0.717) is 27.6 Å². The quantitative estimate of drug-likeness (QED) is 0.931. The average Bonchev–Trinajstić information content (AvgIpc) is 2.46. The zero-order valence-corrected chi connectivity index (χ0v) is 11.5. The summed E-state index contributed by atoms with van der Waals surface area (Å²) in [5.74, 6) is 1.23. The Morgan fingerprint density at radius 3 is 2.37 bits per heavy atom. The molecule has 1 unspecified atom stereocenters. The molecule has 0 radical (unpaired) electrons. The molecule has 0 aliphatic rings. The van der Waals surface area contributed by atoms with E-state index in [0.717, 1.165) is 0 Å². The summed E-state index contributed by atoms with van der Waals surface area (Å²) >= 11 is 6.10. The molecule has 1 N–H and O–H groups in total. The summed E-state index contributed by atoms with van der Waals surface area (Å²) in [6.45, 7) is 0. The molecule has 0 heterocycles. The molecule has 0 saturated heterocycles. The van der Waals surface area contributed by atoms with Gasteiger partial charge in [0.05, 0.1) is 14.2 Å². The van der Waals surface area contributed by atoms with Crippen LogP contribution in [0.1, 0.15) is 17.2 Å². The minimum atomic E-state index is -0.838. The smallest absolute Gasteiger partial charge is 0.128 e. The van der Waals surface area contributed by atoms with Gasteiger partial charge in [-0.05, 0) is 18.2 Å². The van der Waals surface area contributed by atoms with E-state index < -0.39 is 6.10 Å². The van der Waals surface area contributed by atoms with Crippen molar-refractivity contribution >= 4 is 11.6 Å². The normalized spacial score (nSPS) is 12.0. The number of aliphatic hydroxyl groups is 1. The van der Waals surface area contributed by atoms with E-state index >= 15 is 0 Å². The Morgan fingerprint density at radius 1 is 1.00 bits per heavy atom. The number of benzene rings is 2. The molecule has 0 aliphatic heterocycles. The molecule has 0 aromatic heterocycles. The van der Waals surface area contributed by atoms with Gasteiger partial charge in [0.15, 0.2) is 0 Å². The number of aliphatic hydroxyl groups excluding tert-OH is 1. The Morgan fingerprint density at radius 2 is 1.74 bits per heavy atom. The van der Waals surface area contributed by atoms with E-state index in [1.807, 2.05) is 12.1 Å². The van der Waals surface area contributed by atoms with E-state index in [1.165, 1.54) is 0 Å². The largest absolute Gasteiger partial charge is 0.497 e. The van der Waals surface area contributed by atoms with Gasteiger partial charge in [-0.15, -0.1) is 0 Å². The lowest BCUT2D eigenvalue weighted by Gasteiger charge is -2.17. The summed E-state index contributed by atoms with van der Waals surface area (Å²) in [4.78, 5) is 0. The Balaban J connectivity index is 2.44. The van der Waals surface area contributed by atoms with E-state index in [1.54, 1.807) is 44.6 Å². The van der Waals surface area contributed by atoms with Gasteiger partial charge >= 0.3 is 0 Å². The van der Waals surface area contributed by atoms with Crippen molar-refractivity contribution in [3.8, 4) is 11.5 Å². The topological polar surface area (TPSA) is 38.7 Å². The fourth-order valence-electron chi connectivity index (χ4n) is 1.91. The summed E-state index contributed by atoms with van der Waals surface area (Å²) < 4.78 is 10.4. The third kappa shape index (κ3) is 2.83. The van der Waals surface area contributed by atoms with Crippen LogP contribution in [0, 0.1) is 0 Å². The average molecular weight is 279 g/mol. The van der Waals surface area contributed by atoms with Crippen LogP contribution in [-0.2, 0) is 0 Å². The van der Waals surface area contributed by atoms with Gasteiger partial charge in [0, 0.05) is 22.2 Å². The first-order valence-corrected chi connectivity index (χ1v) is 6.19. The molecule has 0 amide bonds. The first-order chi connectivity index (χ1) is 9.17. The van der Waals surface area contributed by atoms with Crippen LogP contribution in [0.15, 0.2) is 42.5 Å².